The molecule has 92 valence electrons. The number of rotatable bonds is 3. The van der Waals surface area contributed by atoms with Crippen molar-refractivity contribution < 1.29 is 4.79 Å². The maximum atomic E-state index is 11.0. The number of amides is 1. The Balaban J connectivity index is 1.87. The molecule has 1 aromatic rings. The Morgan fingerprint density at radius 3 is 2.88 bits per heavy atom. The highest BCUT2D eigenvalue weighted by atomic mass is 35.5. The minimum absolute atomic E-state index is 0.132. The summed E-state index contributed by atoms with van der Waals surface area (Å²) in [5, 5.41) is 7.53. The van der Waals surface area contributed by atoms with Crippen molar-refractivity contribution in [1.29, 1.82) is 0 Å². The fraction of sp³-hybridized carbons (Fsp3) is 0.417. The molecule has 2 rings (SSSR count). The van der Waals surface area contributed by atoms with Crippen LogP contribution in [-0.4, -0.2) is 18.5 Å². The van der Waals surface area contributed by atoms with E-state index in [4.69, 9.17) is 23.2 Å². The summed E-state index contributed by atoms with van der Waals surface area (Å²) in [7, 11) is 0. The minimum Gasteiger partial charge on any atom is -0.355 e. The third-order valence-corrected chi connectivity index (χ3v) is 3.45. The number of piperidine rings is 1. The van der Waals surface area contributed by atoms with E-state index in [1.165, 1.54) is 0 Å². The Morgan fingerprint density at radius 2 is 2.24 bits per heavy atom. The molecule has 1 aliphatic heterocycles. The van der Waals surface area contributed by atoms with Crippen LogP contribution in [0.3, 0.4) is 0 Å². The molecule has 1 fully saturated rings. The van der Waals surface area contributed by atoms with Crippen LogP contribution in [0.1, 0.15) is 18.4 Å². The van der Waals surface area contributed by atoms with Gasteiger partial charge in [0.25, 0.3) is 0 Å². The van der Waals surface area contributed by atoms with Crippen molar-refractivity contribution in [2.75, 3.05) is 6.54 Å². The number of carbonyl (C=O) groups is 1. The van der Waals surface area contributed by atoms with Crippen LogP contribution >= 0.6 is 23.2 Å². The maximum Gasteiger partial charge on any atom is 0.220 e. The Labute approximate surface area is 110 Å². The average molecular weight is 273 g/mol. The Kier molecular flexibility index (Phi) is 4.26. The van der Waals surface area contributed by atoms with Crippen molar-refractivity contribution in [3.63, 3.8) is 0 Å². The van der Waals surface area contributed by atoms with Gasteiger partial charge in [-0.2, -0.15) is 0 Å². The lowest BCUT2D eigenvalue weighted by molar-refractivity contribution is -0.122. The number of nitrogens with one attached hydrogen (secondary N) is 2. The van der Waals surface area contributed by atoms with Crippen molar-refractivity contribution >= 4 is 29.1 Å². The van der Waals surface area contributed by atoms with Gasteiger partial charge >= 0.3 is 0 Å². The molecule has 1 atom stereocenters. The van der Waals surface area contributed by atoms with E-state index in [0.29, 0.717) is 35.6 Å². The highest BCUT2D eigenvalue weighted by molar-refractivity contribution is 6.35. The van der Waals surface area contributed by atoms with Crippen molar-refractivity contribution in [2.45, 2.75) is 25.4 Å². The summed E-state index contributed by atoms with van der Waals surface area (Å²) in [6, 6.07) is 5.80. The number of hydrogen-bond donors (Lipinski definition) is 2. The smallest absolute Gasteiger partial charge is 0.220 e. The molecule has 0 aromatic heterocycles. The third kappa shape index (κ3) is 3.60. The van der Waals surface area contributed by atoms with Crippen LogP contribution in [0.5, 0.6) is 0 Å². The maximum absolute atomic E-state index is 11.0. The van der Waals surface area contributed by atoms with Gasteiger partial charge in [0.05, 0.1) is 0 Å². The largest absolute Gasteiger partial charge is 0.355 e. The Bertz CT molecular complexity index is 413. The molecule has 1 amide bonds. The fourth-order valence-electron chi connectivity index (χ4n) is 1.83. The Hall–Kier alpha value is -0.770. The van der Waals surface area contributed by atoms with E-state index in [2.05, 4.69) is 10.6 Å². The van der Waals surface area contributed by atoms with Crippen LogP contribution in [0.25, 0.3) is 0 Å². The molecule has 0 aliphatic carbocycles. The second kappa shape index (κ2) is 5.71. The summed E-state index contributed by atoms with van der Waals surface area (Å²) < 4.78 is 0. The highest BCUT2D eigenvalue weighted by Crippen LogP contribution is 2.21. The lowest BCUT2D eigenvalue weighted by atomic mass is 10.1. The summed E-state index contributed by atoms with van der Waals surface area (Å²) in [6.45, 7) is 1.38. The van der Waals surface area contributed by atoms with E-state index in [0.717, 1.165) is 12.0 Å². The highest BCUT2D eigenvalue weighted by Gasteiger charge is 2.17. The number of benzene rings is 1. The summed E-state index contributed by atoms with van der Waals surface area (Å²) in [5.41, 5.74) is 1.02. The van der Waals surface area contributed by atoms with Crippen LogP contribution in [0.15, 0.2) is 18.2 Å². The van der Waals surface area contributed by atoms with Gasteiger partial charge in [-0.25, -0.2) is 0 Å². The predicted octanol–water partition coefficient (Wildman–Crippen LogP) is 2.36. The summed E-state index contributed by atoms with van der Waals surface area (Å²) >= 11 is 11.9. The molecule has 0 saturated carbocycles. The first kappa shape index (κ1) is 12.7. The topological polar surface area (TPSA) is 41.1 Å². The quantitative estimate of drug-likeness (QED) is 0.887. The lowest BCUT2D eigenvalue weighted by Gasteiger charge is -2.23. The number of hydrogen-bond acceptors (Lipinski definition) is 2. The molecule has 2 N–H and O–H groups in total. The normalized spacial score (nSPS) is 20.1. The van der Waals surface area contributed by atoms with E-state index >= 15 is 0 Å². The number of halogens is 2. The van der Waals surface area contributed by atoms with E-state index in [1.54, 1.807) is 6.07 Å². The van der Waals surface area contributed by atoms with Gasteiger partial charge in [0.2, 0.25) is 5.91 Å². The van der Waals surface area contributed by atoms with Gasteiger partial charge in [0.15, 0.2) is 0 Å². The van der Waals surface area contributed by atoms with E-state index < -0.39 is 0 Å². The standard InChI is InChI=1S/C12H14Cl2N2O/c13-9-2-1-8(11(14)5-9)6-15-10-3-4-12(17)16-7-10/h1-2,5,10,15H,3-4,6-7H2,(H,16,17). The molecule has 1 heterocycles. The molecule has 0 bridgehead atoms. The van der Waals surface area contributed by atoms with Crippen molar-refractivity contribution in [3.05, 3.63) is 33.8 Å². The fourth-order valence-corrected chi connectivity index (χ4v) is 2.30. The van der Waals surface area contributed by atoms with Crippen molar-refractivity contribution in [3.8, 4) is 0 Å². The first-order valence-electron chi connectivity index (χ1n) is 5.59. The molecule has 17 heavy (non-hydrogen) atoms. The summed E-state index contributed by atoms with van der Waals surface area (Å²) in [4.78, 5) is 11.0. The van der Waals surface area contributed by atoms with Gasteiger partial charge in [-0.3, -0.25) is 4.79 Å². The zero-order valence-electron chi connectivity index (χ0n) is 9.30. The van der Waals surface area contributed by atoms with Crippen LogP contribution < -0.4 is 10.6 Å². The van der Waals surface area contributed by atoms with Crippen LogP contribution in [0.4, 0.5) is 0 Å². The molecule has 1 unspecified atom stereocenters. The average Bonchev–Trinajstić information content (AvgIpc) is 2.30. The summed E-state index contributed by atoms with van der Waals surface area (Å²) in [5.74, 6) is 0.132. The molecule has 1 saturated heterocycles. The van der Waals surface area contributed by atoms with Gasteiger partial charge < -0.3 is 10.6 Å². The van der Waals surface area contributed by atoms with Gasteiger partial charge in [-0.15, -0.1) is 0 Å². The van der Waals surface area contributed by atoms with E-state index in [1.807, 2.05) is 12.1 Å². The molecule has 1 aliphatic rings. The molecule has 1 aromatic carbocycles. The van der Waals surface area contributed by atoms with Crippen molar-refractivity contribution in [1.82, 2.24) is 10.6 Å². The molecule has 0 spiro atoms. The van der Waals surface area contributed by atoms with E-state index in [9.17, 15) is 4.79 Å². The lowest BCUT2D eigenvalue weighted by Crippen LogP contribution is -2.45. The first-order valence-corrected chi connectivity index (χ1v) is 6.35. The van der Waals surface area contributed by atoms with Gasteiger partial charge in [0, 0.05) is 35.6 Å². The molecular formula is C12H14Cl2N2O. The monoisotopic (exact) mass is 272 g/mol. The van der Waals surface area contributed by atoms with Gasteiger partial charge in [-0.1, -0.05) is 29.3 Å². The first-order chi connectivity index (χ1) is 8.15. The predicted molar refractivity (Wildman–Crippen MR) is 69.3 cm³/mol. The molecule has 5 heteroatoms. The second-order valence-electron chi connectivity index (χ2n) is 4.16. The van der Waals surface area contributed by atoms with Gasteiger partial charge in [-0.05, 0) is 24.1 Å². The number of carbonyl (C=O) groups excluding carboxylic acids is 1. The van der Waals surface area contributed by atoms with Crippen LogP contribution in [-0.2, 0) is 11.3 Å². The second-order valence-corrected chi connectivity index (χ2v) is 5.00. The van der Waals surface area contributed by atoms with Crippen LogP contribution in [0.2, 0.25) is 10.0 Å². The third-order valence-electron chi connectivity index (χ3n) is 2.86. The Morgan fingerprint density at radius 1 is 1.41 bits per heavy atom. The molecular weight excluding hydrogens is 259 g/mol. The summed E-state index contributed by atoms with van der Waals surface area (Å²) in [6.07, 6.45) is 1.46. The van der Waals surface area contributed by atoms with Gasteiger partial charge in [0.1, 0.15) is 0 Å². The zero-order chi connectivity index (χ0) is 12.3. The van der Waals surface area contributed by atoms with E-state index in [-0.39, 0.29) is 5.91 Å². The molecule has 0 radical (unpaired) electrons. The molecule has 3 nitrogen and oxygen atoms in total. The van der Waals surface area contributed by atoms with Crippen molar-refractivity contribution in [2.24, 2.45) is 0 Å². The SMILES string of the molecule is O=C1CCC(NCc2ccc(Cl)cc2Cl)CN1. The van der Waals surface area contributed by atoms with Crippen LogP contribution in [0, 0.1) is 0 Å². The zero-order valence-corrected chi connectivity index (χ0v) is 10.8. The minimum atomic E-state index is 0.132.